The summed E-state index contributed by atoms with van der Waals surface area (Å²) in [5.74, 6) is -1.98. The zero-order valence-corrected chi connectivity index (χ0v) is 6.89. The SMILES string of the molecule is C[C@H](OC(=O)c1ccco1)C(=O)O. The molecule has 13 heavy (non-hydrogen) atoms. The van der Waals surface area contributed by atoms with Crippen LogP contribution in [0.2, 0.25) is 0 Å². The molecule has 0 unspecified atom stereocenters. The third-order valence-electron chi connectivity index (χ3n) is 1.35. The number of furan rings is 1. The van der Waals surface area contributed by atoms with Crippen molar-refractivity contribution in [1.82, 2.24) is 0 Å². The molecule has 0 aliphatic carbocycles. The van der Waals surface area contributed by atoms with Crippen LogP contribution in [0.15, 0.2) is 22.8 Å². The summed E-state index contributed by atoms with van der Waals surface area (Å²) in [5, 5.41) is 8.42. The predicted molar refractivity (Wildman–Crippen MR) is 41.2 cm³/mol. The van der Waals surface area contributed by atoms with Crippen LogP contribution in [0.3, 0.4) is 0 Å². The lowest BCUT2D eigenvalue weighted by molar-refractivity contribution is -0.146. The highest BCUT2D eigenvalue weighted by molar-refractivity contribution is 5.88. The van der Waals surface area contributed by atoms with E-state index < -0.39 is 18.0 Å². The highest BCUT2D eigenvalue weighted by Crippen LogP contribution is 2.04. The Labute approximate surface area is 73.9 Å². The van der Waals surface area contributed by atoms with E-state index in [9.17, 15) is 9.59 Å². The van der Waals surface area contributed by atoms with Crippen molar-refractivity contribution in [3.63, 3.8) is 0 Å². The Kier molecular flexibility index (Phi) is 2.69. The second kappa shape index (κ2) is 3.75. The molecule has 0 aliphatic heterocycles. The molecule has 5 nitrogen and oxygen atoms in total. The topological polar surface area (TPSA) is 76.7 Å². The maximum atomic E-state index is 11.0. The lowest BCUT2D eigenvalue weighted by Crippen LogP contribution is -2.23. The summed E-state index contributed by atoms with van der Waals surface area (Å²) >= 11 is 0. The highest BCUT2D eigenvalue weighted by Gasteiger charge is 2.18. The monoisotopic (exact) mass is 184 g/mol. The van der Waals surface area contributed by atoms with E-state index in [2.05, 4.69) is 4.74 Å². The first kappa shape index (κ1) is 9.31. The van der Waals surface area contributed by atoms with Gasteiger partial charge in [-0.15, -0.1) is 0 Å². The van der Waals surface area contributed by atoms with Gasteiger partial charge in [0, 0.05) is 0 Å². The normalized spacial score (nSPS) is 12.1. The van der Waals surface area contributed by atoms with E-state index in [-0.39, 0.29) is 5.76 Å². The van der Waals surface area contributed by atoms with Crippen LogP contribution in [0.1, 0.15) is 17.5 Å². The van der Waals surface area contributed by atoms with Gasteiger partial charge in [-0.25, -0.2) is 9.59 Å². The minimum atomic E-state index is -1.19. The maximum absolute atomic E-state index is 11.0. The van der Waals surface area contributed by atoms with E-state index in [0.717, 1.165) is 0 Å². The van der Waals surface area contributed by atoms with Gasteiger partial charge in [0.1, 0.15) is 0 Å². The van der Waals surface area contributed by atoms with Gasteiger partial charge in [0.05, 0.1) is 6.26 Å². The molecule has 0 aromatic carbocycles. The van der Waals surface area contributed by atoms with Gasteiger partial charge in [0.25, 0.3) is 0 Å². The Morgan fingerprint density at radius 3 is 2.77 bits per heavy atom. The summed E-state index contributed by atoms with van der Waals surface area (Å²) in [7, 11) is 0. The third-order valence-corrected chi connectivity index (χ3v) is 1.35. The van der Waals surface area contributed by atoms with Crippen molar-refractivity contribution < 1.29 is 23.8 Å². The molecule has 0 radical (unpaired) electrons. The predicted octanol–water partition coefficient (Wildman–Crippen LogP) is 0.909. The summed E-state index contributed by atoms with van der Waals surface area (Å²) in [6, 6.07) is 2.92. The molecule has 1 N–H and O–H groups in total. The van der Waals surface area contributed by atoms with Gasteiger partial charge in [0.2, 0.25) is 5.76 Å². The van der Waals surface area contributed by atoms with Crippen LogP contribution in [0.5, 0.6) is 0 Å². The first-order chi connectivity index (χ1) is 6.11. The number of ether oxygens (including phenoxy) is 1. The van der Waals surface area contributed by atoms with Gasteiger partial charge in [-0.3, -0.25) is 0 Å². The molecule has 0 spiro atoms. The lowest BCUT2D eigenvalue weighted by atomic mass is 10.4. The molecule has 5 heteroatoms. The van der Waals surface area contributed by atoms with Crippen molar-refractivity contribution >= 4 is 11.9 Å². The second-order valence-electron chi connectivity index (χ2n) is 2.36. The minimum Gasteiger partial charge on any atom is -0.479 e. The zero-order chi connectivity index (χ0) is 9.84. The van der Waals surface area contributed by atoms with Crippen molar-refractivity contribution in [2.45, 2.75) is 13.0 Å². The summed E-state index contributed by atoms with van der Waals surface area (Å²) in [4.78, 5) is 21.3. The fourth-order valence-electron chi connectivity index (χ4n) is 0.664. The standard InChI is InChI=1S/C8H8O5/c1-5(7(9)10)13-8(11)6-3-2-4-12-6/h2-5H,1H3,(H,9,10)/t5-/m0/s1. The molecule has 1 heterocycles. The van der Waals surface area contributed by atoms with E-state index in [1.165, 1.54) is 25.3 Å². The van der Waals surface area contributed by atoms with E-state index in [1.807, 2.05) is 0 Å². The Morgan fingerprint density at radius 1 is 1.62 bits per heavy atom. The van der Waals surface area contributed by atoms with Crippen LogP contribution < -0.4 is 0 Å². The van der Waals surface area contributed by atoms with Crippen LogP contribution in [0.25, 0.3) is 0 Å². The molecule has 1 atom stereocenters. The second-order valence-corrected chi connectivity index (χ2v) is 2.36. The summed E-state index contributed by atoms with van der Waals surface area (Å²) in [6.45, 7) is 1.27. The van der Waals surface area contributed by atoms with E-state index in [4.69, 9.17) is 9.52 Å². The minimum absolute atomic E-state index is 0.00639. The number of esters is 1. The number of carboxylic acid groups (broad SMARTS) is 1. The molecule has 0 bridgehead atoms. The first-order valence-electron chi connectivity index (χ1n) is 3.58. The molecule has 70 valence electrons. The molecule has 1 rings (SSSR count). The molecule has 0 fully saturated rings. The summed E-state index contributed by atoms with van der Waals surface area (Å²) in [6.07, 6.45) is 0.139. The molecular formula is C8H8O5. The Bertz CT molecular complexity index is 300. The number of carbonyl (C=O) groups is 2. The zero-order valence-electron chi connectivity index (χ0n) is 6.89. The third kappa shape index (κ3) is 2.33. The van der Waals surface area contributed by atoms with Crippen molar-refractivity contribution in [3.05, 3.63) is 24.2 Å². The Morgan fingerprint density at radius 2 is 2.31 bits per heavy atom. The van der Waals surface area contributed by atoms with Gasteiger partial charge >= 0.3 is 11.9 Å². The van der Waals surface area contributed by atoms with Crippen LogP contribution >= 0.6 is 0 Å². The van der Waals surface area contributed by atoms with Crippen LogP contribution in [-0.2, 0) is 9.53 Å². The van der Waals surface area contributed by atoms with Crippen molar-refractivity contribution in [2.24, 2.45) is 0 Å². The largest absolute Gasteiger partial charge is 0.479 e. The number of rotatable bonds is 3. The van der Waals surface area contributed by atoms with Crippen LogP contribution in [0, 0.1) is 0 Å². The number of carbonyl (C=O) groups excluding carboxylic acids is 1. The molecule has 0 saturated carbocycles. The molecule has 1 aromatic heterocycles. The molecular weight excluding hydrogens is 176 g/mol. The quantitative estimate of drug-likeness (QED) is 0.706. The fourth-order valence-corrected chi connectivity index (χ4v) is 0.664. The highest BCUT2D eigenvalue weighted by atomic mass is 16.6. The number of aliphatic carboxylic acids is 1. The number of hydrogen-bond donors (Lipinski definition) is 1. The van der Waals surface area contributed by atoms with Crippen LogP contribution in [0.4, 0.5) is 0 Å². The van der Waals surface area contributed by atoms with E-state index in [1.54, 1.807) is 0 Å². The van der Waals surface area contributed by atoms with Gasteiger partial charge in [-0.05, 0) is 19.1 Å². The summed E-state index contributed by atoms with van der Waals surface area (Å²) < 4.78 is 9.23. The van der Waals surface area contributed by atoms with Gasteiger partial charge < -0.3 is 14.3 Å². The van der Waals surface area contributed by atoms with Crippen molar-refractivity contribution in [1.29, 1.82) is 0 Å². The molecule has 0 aliphatic rings. The Hall–Kier alpha value is -1.78. The maximum Gasteiger partial charge on any atom is 0.375 e. The van der Waals surface area contributed by atoms with Crippen molar-refractivity contribution in [2.75, 3.05) is 0 Å². The van der Waals surface area contributed by atoms with Crippen molar-refractivity contribution in [3.8, 4) is 0 Å². The average Bonchev–Trinajstić information content (AvgIpc) is 2.55. The van der Waals surface area contributed by atoms with Gasteiger partial charge in [-0.1, -0.05) is 0 Å². The van der Waals surface area contributed by atoms with E-state index >= 15 is 0 Å². The first-order valence-corrected chi connectivity index (χ1v) is 3.58. The molecule has 0 amide bonds. The Balaban J connectivity index is 2.56. The fraction of sp³-hybridized carbons (Fsp3) is 0.250. The average molecular weight is 184 g/mol. The lowest BCUT2D eigenvalue weighted by Gasteiger charge is -2.05. The number of hydrogen-bond acceptors (Lipinski definition) is 4. The van der Waals surface area contributed by atoms with Gasteiger partial charge in [0.15, 0.2) is 6.10 Å². The van der Waals surface area contributed by atoms with Gasteiger partial charge in [-0.2, -0.15) is 0 Å². The summed E-state index contributed by atoms with van der Waals surface area (Å²) in [5.41, 5.74) is 0. The van der Waals surface area contributed by atoms with Crippen LogP contribution in [-0.4, -0.2) is 23.1 Å². The molecule has 1 aromatic rings. The molecule has 0 saturated heterocycles. The number of carboxylic acids is 1. The van der Waals surface area contributed by atoms with E-state index in [0.29, 0.717) is 0 Å². The smallest absolute Gasteiger partial charge is 0.375 e.